The standard InChI is InChI=1S/C29H21N3O/c1-19-17-25-27(20-9-4-2-5-10-20)28(21-11-6-3-7-12-21)31-32(25)29(33)26(19)23-14-15-24-22(18-23)13-8-16-30-24/h2-16,18H,17H2,1H3. The van der Waals surface area contributed by atoms with E-state index in [1.807, 2.05) is 85.8 Å². The molecule has 0 amide bonds. The van der Waals surface area contributed by atoms with Gasteiger partial charge in [-0.2, -0.15) is 9.78 Å². The van der Waals surface area contributed by atoms with Crippen molar-refractivity contribution >= 4 is 22.4 Å². The van der Waals surface area contributed by atoms with Gasteiger partial charge < -0.3 is 0 Å². The number of hydrogen-bond acceptors (Lipinski definition) is 3. The van der Waals surface area contributed by atoms with Crippen molar-refractivity contribution in [1.29, 1.82) is 0 Å². The highest BCUT2D eigenvalue weighted by Crippen LogP contribution is 2.39. The van der Waals surface area contributed by atoms with E-state index in [1.165, 1.54) is 0 Å². The molecule has 1 aliphatic heterocycles. The second kappa shape index (κ2) is 7.68. The molecule has 3 heterocycles. The fourth-order valence-electron chi connectivity index (χ4n) is 4.72. The molecule has 0 saturated carbocycles. The van der Waals surface area contributed by atoms with Gasteiger partial charge in [0, 0.05) is 34.7 Å². The van der Waals surface area contributed by atoms with Crippen LogP contribution in [0, 0.1) is 0 Å². The lowest BCUT2D eigenvalue weighted by molar-refractivity contribution is 0.0958. The quantitative estimate of drug-likeness (QED) is 0.333. The van der Waals surface area contributed by atoms with E-state index in [0.717, 1.165) is 55.7 Å². The molecule has 0 aliphatic carbocycles. The Hall–Kier alpha value is -4.31. The first-order valence-corrected chi connectivity index (χ1v) is 11.0. The molecule has 158 valence electrons. The number of allylic oxidation sites excluding steroid dienone is 2. The molecule has 0 radical (unpaired) electrons. The van der Waals surface area contributed by atoms with E-state index in [9.17, 15) is 4.79 Å². The van der Waals surface area contributed by atoms with Crippen LogP contribution >= 0.6 is 0 Å². The zero-order chi connectivity index (χ0) is 22.4. The summed E-state index contributed by atoms with van der Waals surface area (Å²) in [6.45, 7) is 2.05. The Kier molecular flexibility index (Phi) is 4.51. The van der Waals surface area contributed by atoms with Gasteiger partial charge in [-0.1, -0.05) is 78.4 Å². The first-order chi connectivity index (χ1) is 16.2. The minimum atomic E-state index is -0.0867. The smallest absolute Gasteiger partial charge is 0.267 e. The van der Waals surface area contributed by atoms with E-state index >= 15 is 0 Å². The normalized spacial score (nSPS) is 13.4. The maximum atomic E-state index is 13.8. The maximum absolute atomic E-state index is 13.8. The van der Waals surface area contributed by atoms with Crippen LogP contribution in [-0.2, 0) is 6.42 Å². The highest BCUT2D eigenvalue weighted by molar-refractivity contribution is 6.23. The van der Waals surface area contributed by atoms with Crippen molar-refractivity contribution in [2.75, 3.05) is 0 Å². The summed E-state index contributed by atoms with van der Waals surface area (Å²) in [5.41, 5.74) is 8.46. The highest BCUT2D eigenvalue weighted by Gasteiger charge is 2.31. The zero-order valence-electron chi connectivity index (χ0n) is 18.2. The van der Waals surface area contributed by atoms with Crippen LogP contribution in [0.4, 0.5) is 0 Å². The Morgan fingerprint density at radius 1 is 0.788 bits per heavy atom. The Morgan fingerprint density at radius 3 is 2.27 bits per heavy atom. The lowest BCUT2D eigenvalue weighted by Gasteiger charge is -2.20. The van der Waals surface area contributed by atoms with Gasteiger partial charge in [-0.15, -0.1) is 0 Å². The van der Waals surface area contributed by atoms with Crippen molar-refractivity contribution in [2.24, 2.45) is 0 Å². The van der Waals surface area contributed by atoms with Crippen LogP contribution in [0.2, 0.25) is 0 Å². The summed E-state index contributed by atoms with van der Waals surface area (Å²) >= 11 is 0. The van der Waals surface area contributed by atoms with Gasteiger partial charge in [-0.05, 0) is 36.2 Å². The second-order valence-corrected chi connectivity index (χ2v) is 8.36. The van der Waals surface area contributed by atoms with Crippen LogP contribution in [0.15, 0.2) is 103 Å². The minimum Gasteiger partial charge on any atom is -0.267 e. The Labute approximate surface area is 191 Å². The van der Waals surface area contributed by atoms with Gasteiger partial charge >= 0.3 is 0 Å². The summed E-state index contributed by atoms with van der Waals surface area (Å²) in [5.74, 6) is -0.0867. The second-order valence-electron chi connectivity index (χ2n) is 8.36. The van der Waals surface area contributed by atoms with E-state index in [1.54, 1.807) is 10.9 Å². The average molecular weight is 428 g/mol. The molecule has 33 heavy (non-hydrogen) atoms. The largest absolute Gasteiger partial charge is 0.279 e. The fourth-order valence-corrected chi connectivity index (χ4v) is 4.72. The van der Waals surface area contributed by atoms with E-state index in [-0.39, 0.29) is 5.91 Å². The molecule has 4 heteroatoms. The van der Waals surface area contributed by atoms with Crippen LogP contribution in [0.5, 0.6) is 0 Å². The van der Waals surface area contributed by atoms with Crippen molar-refractivity contribution in [3.8, 4) is 22.4 Å². The van der Waals surface area contributed by atoms with Gasteiger partial charge in [-0.3, -0.25) is 9.78 Å². The third kappa shape index (κ3) is 3.19. The van der Waals surface area contributed by atoms with E-state index in [4.69, 9.17) is 5.10 Å². The Balaban J connectivity index is 1.54. The van der Waals surface area contributed by atoms with Crippen molar-refractivity contribution in [3.05, 3.63) is 114 Å². The van der Waals surface area contributed by atoms with Crippen LogP contribution < -0.4 is 0 Å². The number of fused-ring (bicyclic) bond motifs is 2. The van der Waals surface area contributed by atoms with E-state index in [0.29, 0.717) is 6.42 Å². The van der Waals surface area contributed by atoms with Gasteiger partial charge in [0.1, 0.15) is 5.69 Å². The highest BCUT2D eigenvalue weighted by atomic mass is 16.2. The average Bonchev–Trinajstić information content (AvgIpc) is 3.24. The molecule has 1 aliphatic rings. The molecule has 2 aromatic heterocycles. The third-order valence-corrected chi connectivity index (χ3v) is 6.25. The van der Waals surface area contributed by atoms with Gasteiger partial charge in [0.25, 0.3) is 5.91 Å². The summed E-state index contributed by atoms with van der Waals surface area (Å²) in [6, 6.07) is 30.2. The van der Waals surface area contributed by atoms with Crippen molar-refractivity contribution in [2.45, 2.75) is 13.3 Å². The molecule has 0 atom stereocenters. The molecule has 6 rings (SSSR count). The number of nitrogens with zero attached hydrogens (tertiary/aromatic N) is 3. The van der Waals surface area contributed by atoms with Crippen LogP contribution in [0.1, 0.15) is 23.0 Å². The molecule has 0 N–H and O–H groups in total. The number of hydrogen-bond donors (Lipinski definition) is 0. The van der Waals surface area contributed by atoms with Crippen LogP contribution in [0.25, 0.3) is 38.9 Å². The molecule has 0 fully saturated rings. The van der Waals surface area contributed by atoms with E-state index < -0.39 is 0 Å². The summed E-state index contributed by atoms with van der Waals surface area (Å²) in [4.78, 5) is 18.2. The van der Waals surface area contributed by atoms with Crippen molar-refractivity contribution in [1.82, 2.24) is 14.8 Å². The predicted octanol–water partition coefficient (Wildman–Crippen LogP) is 6.44. The summed E-state index contributed by atoms with van der Waals surface area (Å²) < 4.78 is 1.61. The first kappa shape index (κ1) is 19.4. The molecule has 4 nitrogen and oxygen atoms in total. The number of carbonyl (C=O) groups is 1. The SMILES string of the molecule is CC1=C(c2ccc3ncccc3c2)C(=O)n2nc(-c3ccccc3)c(-c3ccccc3)c2C1. The molecule has 0 spiro atoms. The molecule has 0 unspecified atom stereocenters. The predicted molar refractivity (Wildman–Crippen MR) is 132 cm³/mol. The molecular formula is C29H21N3O. The Bertz CT molecular complexity index is 1550. The summed E-state index contributed by atoms with van der Waals surface area (Å²) in [5, 5.41) is 5.89. The van der Waals surface area contributed by atoms with Crippen LogP contribution in [-0.4, -0.2) is 20.7 Å². The number of rotatable bonds is 3. The van der Waals surface area contributed by atoms with Gasteiger partial charge in [0.05, 0.1) is 11.2 Å². The fraction of sp³-hybridized carbons (Fsp3) is 0.0690. The number of benzene rings is 3. The van der Waals surface area contributed by atoms with Gasteiger partial charge in [0.2, 0.25) is 0 Å². The van der Waals surface area contributed by atoms with Gasteiger partial charge in [0.15, 0.2) is 0 Å². The third-order valence-electron chi connectivity index (χ3n) is 6.25. The maximum Gasteiger partial charge on any atom is 0.279 e. The lowest BCUT2D eigenvalue weighted by atomic mass is 9.90. The van der Waals surface area contributed by atoms with E-state index in [2.05, 4.69) is 17.1 Å². The number of aromatic nitrogens is 3. The number of carbonyl (C=O) groups excluding carboxylic acids is 1. The lowest BCUT2D eigenvalue weighted by Crippen LogP contribution is -2.23. The monoisotopic (exact) mass is 427 g/mol. The van der Waals surface area contributed by atoms with Crippen molar-refractivity contribution in [3.63, 3.8) is 0 Å². The zero-order valence-corrected chi connectivity index (χ0v) is 18.2. The minimum absolute atomic E-state index is 0.0867. The topological polar surface area (TPSA) is 47.8 Å². The number of pyridine rings is 1. The van der Waals surface area contributed by atoms with Gasteiger partial charge in [-0.25, -0.2) is 0 Å². The Morgan fingerprint density at radius 2 is 1.52 bits per heavy atom. The van der Waals surface area contributed by atoms with Crippen molar-refractivity contribution < 1.29 is 4.79 Å². The molecule has 5 aromatic rings. The first-order valence-electron chi connectivity index (χ1n) is 11.0. The molecule has 3 aromatic carbocycles. The summed E-state index contributed by atoms with van der Waals surface area (Å²) in [7, 11) is 0. The van der Waals surface area contributed by atoms with Crippen LogP contribution in [0.3, 0.4) is 0 Å². The summed E-state index contributed by atoms with van der Waals surface area (Å²) in [6.07, 6.45) is 2.45. The molecular weight excluding hydrogens is 406 g/mol. The molecule has 0 bridgehead atoms. The molecule has 0 saturated heterocycles.